The molecular formula is C31H18N4. The second-order valence-electron chi connectivity index (χ2n) is 9.64. The van der Waals surface area contributed by atoms with Gasteiger partial charge in [-0.2, -0.15) is 0 Å². The summed E-state index contributed by atoms with van der Waals surface area (Å²) < 4.78 is 2.20. The molecule has 0 amide bonds. The highest BCUT2D eigenvalue weighted by Gasteiger charge is 2.30. The van der Waals surface area contributed by atoms with Crippen LogP contribution in [0.3, 0.4) is 0 Å². The maximum atomic E-state index is 5.25. The largest absolute Gasteiger partial charge is 0.274 e. The molecule has 4 nitrogen and oxygen atoms in total. The molecular weight excluding hydrogens is 428 g/mol. The van der Waals surface area contributed by atoms with Gasteiger partial charge in [0.15, 0.2) is 5.65 Å². The Bertz CT molecular complexity index is 2070. The fourth-order valence-electron chi connectivity index (χ4n) is 6.51. The molecule has 162 valence electrons. The first-order valence-corrected chi connectivity index (χ1v) is 12.1. The van der Waals surface area contributed by atoms with Crippen molar-refractivity contribution in [1.29, 1.82) is 0 Å². The molecule has 4 aromatic heterocycles. The molecule has 0 bridgehead atoms. The van der Waals surface area contributed by atoms with Crippen molar-refractivity contribution in [3.05, 3.63) is 107 Å². The molecule has 7 aromatic rings. The van der Waals surface area contributed by atoms with Crippen LogP contribution in [0.25, 0.3) is 60.9 Å². The van der Waals surface area contributed by atoms with E-state index in [1.54, 1.807) is 0 Å². The van der Waals surface area contributed by atoms with Crippen LogP contribution in [0.2, 0.25) is 0 Å². The van der Waals surface area contributed by atoms with Crippen LogP contribution in [0.5, 0.6) is 0 Å². The summed E-state index contributed by atoms with van der Waals surface area (Å²) in [6.45, 7) is 0. The van der Waals surface area contributed by atoms with Crippen LogP contribution in [-0.4, -0.2) is 19.4 Å². The zero-order valence-corrected chi connectivity index (χ0v) is 18.8. The summed E-state index contributed by atoms with van der Waals surface area (Å²) in [5.41, 5.74) is 16.0. The van der Waals surface area contributed by atoms with Crippen molar-refractivity contribution in [3.63, 3.8) is 0 Å². The van der Waals surface area contributed by atoms with E-state index in [0.717, 1.165) is 51.5 Å². The predicted molar refractivity (Wildman–Crippen MR) is 140 cm³/mol. The predicted octanol–water partition coefficient (Wildman–Crippen LogP) is 6.73. The lowest BCUT2D eigenvalue weighted by Gasteiger charge is -2.08. The highest BCUT2D eigenvalue weighted by Crippen LogP contribution is 2.49. The third-order valence-corrected chi connectivity index (χ3v) is 7.95. The zero-order chi connectivity index (χ0) is 22.7. The molecule has 35 heavy (non-hydrogen) atoms. The number of hydrogen-bond acceptors (Lipinski definition) is 3. The number of fused-ring (bicyclic) bond motifs is 16. The summed E-state index contributed by atoms with van der Waals surface area (Å²) in [7, 11) is 0. The molecule has 9 rings (SSSR count). The van der Waals surface area contributed by atoms with Gasteiger partial charge in [0.05, 0.1) is 11.0 Å². The fraction of sp³-hybridized carbons (Fsp3) is 0.0645. The Morgan fingerprint density at radius 1 is 0.571 bits per heavy atom. The quantitative estimate of drug-likeness (QED) is 0.243. The van der Waals surface area contributed by atoms with Gasteiger partial charge in [0.2, 0.25) is 0 Å². The van der Waals surface area contributed by atoms with Crippen molar-refractivity contribution >= 4 is 38.6 Å². The minimum absolute atomic E-state index is 0.877. The molecule has 0 fully saturated rings. The Hall–Kier alpha value is -4.57. The Kier molecular flexibility index (Phi) is 3.11. The van der Waals surface area contributed by atoms with Crippen molar-refractivity contribution in [2.24, 2.45) is 0 Å². The van der Waals surface area contributed by atoms with E-state index < -0.39 is 0 Å². The van der Waals surface area contributed by atoms with Gasteiger partial charge in [0.1, 0.15) is 11.2 Å². The summed E-state index contributed by atoms with van der Waals surface area (Å²) in [5.74, 6) is 0. The van der Waals surface area contributed by atoms with Crippen LogP contribution in [-0.2, 0) is 12.8 Å². The van der Waals surface area contributed by atoms with Gasteiger partial charge in [0, 0.05) is 29.6 Å². The molecule has 4 heteroatoms. The molecule has 0 aliphatic heterocycles. The minimum Gasteiger partial charge on any atom is -0.274 e. The SMILES string of the molecule is c1ccc2c(c1)Cc1ccc3c(c1-2)Cc1c-3ccc2c1nc1c3ncccc3c3cccnc3n21. The van der Waals surface area contributed by atoms with Gasteiger partial charge in [-0.3, -0.25) is 9.38 Å². The molecule has 0 N–H and O–H groups in total. The number of imidazole rings is 1. The number of rotatable bonds is 0. The van der Waals surface area contributed by atoms with Gasteiger partial charge in [0.25, 0.3) is 0 Å². The number of benzene rings is 3. The normalized spacial score (nSPS) is 13.5. The third-order valence-electron chi connectivity index (χ3n) is 7.95. The number of hydrogen-bond donors (Lipinski definition) is 0. The summed E-state index contributed by atoms with van der Waals surface area (Å²) in [6, 6.07) is 26.2. The number of pyridine rings is 3. The summed E-state index contributed by atoms with van der Waals surface area (Å²) in [6.07, 6.45) is 5.64. The Morgan fingerprint density at radius 3 is 2.37 bits per heavy atom. The van der Waals surface area contributed by atoms with Gasteiger partial charge < -0.3 is 0 Å². The molecule has 0 saturated heterocycles. The summed E-state index contributed by atoms with van der Waals surface area (Å²) >= 11 is 0. The highest BCUT2D eigenvalue weighted by atomic mass is 15.1. The third kappa shape index (κ3) is 2.11. The van der Waals surface area contributed by atoms with Crippen LogP contribution in [0.4, 0.5) is 0 Å². The Morgan fingerprint density at radius 2 is 1.40 bits per heavy atom. The van der Waals surface area contributed by atoms with Gasteiger partial charge >= 0.3 is 0 Å². The standard InChI is InChI=1S/C31H18N4/c1-2-6-19-17(5-1)15-18-9-10-20-21-11-12-26-28(25(21)16-24(20)27(18)19)34-31-29-22(7-3-13-32-29)23-8-4-14-33-30(23)35(26)31/h1-14H,15-16H2. The fourth-order valence-corrected chi connectivity index (χ4v) is 6.51. The van der Waals surface area contributed by atoms with Crippen LogP contribution in [0.1, 0.15) is 22.3 Å². The van der Waals surface area contributed by atoms with E-state index in [2.05, 4.69) is 65.1 Å². The van der Waals surface area contributed by atoms with Crippen LogP contribution in [0.15, 0.2) is 85.2 Å². The van der Waals surface area contributed by atoms with Crippen LogP contribution >= 0.6 is 0 Å². The molecule has 0 unspecified atom stereocenters. The van der Waals surface area contributed by atoms with E-state index in [-0.39, 0.29) is 0 Å². The Balaban J connectivity index is 1.39. The lowest BCUT2D eigenvalue weighted by atomic mass is 9.95. The maximum Gasteiger partial charge on any atom is 0.166 e. The van der Waals surface area contributed by atoms with Crippen molar-refractivity contribution in [1.82, 2.24) is 19.4 Å². The van der Waals surface area contributed by atoms with Crippen molar-refractivity contribution in [3.8, 4) is 22.3 Å². The molecule has 4 heterocycles. The van der Waals surface area contributed by atoms with Crippen LogP contribution in [0, 0.1) is 0 Å². The first kappa shape index (κ1) is 17.8. The number of aromatic nitrogens is 4. The van der Waals surface area contributed by atoms with Gasteiger partial charge in [-0.05, 0) is 75.2 Å². The average molecular weight is 447 g/mol. The van der Waals surface area contributed by atoms with E-state index in [1.165, 1.54) is 44.5 Å². The van der Waals surface area contributed by atoms with E-state index in [4.69, 9.17) is 15.0 Å². The molecule has 2 aliphatic rings. The second kappa shape index (κ2) is 6.10. The van der Waals surface area contributed by atoms with E-state index in [0.29, 0.717) is 0 Å². The zero-order valence-electron chi connectivity index (χ0n) is 18.8. The Labute approximate surface area is 200 Å². The minimum atomic E-state index is 0.877. The lowest BCUT2D eigenvalue weighted by Crippen LogP contribution is -1.94. The molecule has 0 saturated carbocycles. The smallest absolute Gasteiger partial charge is 0.166 e. The lowest BCUT2D eigenvalue weighted by molar-refractivity contribution is 1.22. The van der Waals surface area contributed by atoms with Crippen LogP contribution < -0.4 is 0 Å². The van der Waals surface area contributed by atoms with Gasteiger partial charge in [-0.15, -0.1) is 0 Å². The first-order chi connectivity index (χ1) is 17.4. The molecule has 0 spiro atoms. The van der Waals surface area contributed by atoms with Crippen molar-refractivity contribution < 1.29 is 0 Å². The molecule has 2 aliphatic carbocycles. The van der Waals surface area contributed by atoms with E-state index in [9.17, 15) is 0 Å². The average Bonchev–Trinajstić information content (AvgIpc) is 3.59. The van der Waals surface area contributed by atoms with Gasteiger partial charge in [-0.1, -0.05) is 48.5 Å². The first-order valence-electron chi connectivity index (χ1n) is 12.1. The second-order valence-corrected chi connectivity index (χ2v) is 9.64. The maximum absolute atomic E-state index is 5.25. The summed E-state index contributed by atoms with van der Waals surface area (Å²) in [5, 5.41) is 2.19. The topological polar surface area (TPSA) is 43.1 Å². The molecule has 3 aromatic carbocycles. The summed E-state index contributed by atoms with van der Waals surface area (Å²) in [4.78, 5) is 14.8. The monoisotopic (exact) mass is 446 g/mol. The highest BCUT2D eigenvalue weighted by molar-refractivity contribution is 6.12. The van der Waals surface area contributed by atoms with E-state index in [1.807, 2.05) is 24.5 Å². The molecule has 0 radical (unpaired) electrons. The van der Waals surface area contributed by atoms with Crippen molar-refractivity contribution in [2.75, 3.05) is 0 Å². The van der Waals surface area contributed by atoms with Gasteiger partial charge in [-0.25, -0.2) is 9.97 Å². The molecule has 0 atom stereocenters. The number of nitrogens with zero attached hydrogens (tertiary/aromatic N) is 4. The van der Waals surface area contributed by atoms with Crippen molar-refractivity contribution in [2.45, 2.75) is 12.8 Å². The van der Waals surface area contributed by atoms with E-state index >= 15 is 0 Å².